The van der Waals surface area contributed by atoms with Crippen molar-refractivity contribution in [3.8, 4) is 0 Å². The number of aromatic nitrogens is 1. The number of hydrogen-bond acceptors (Lipinski definition) is 3. The van der Waals surface area contributed by atoms with Crippen LogP contribution in [0.4, 0.5) is 20.2 Å². The van der Waals surface area contributed by atoms with E-state index in [1.165, 1.54) is 6.07 Å². The number of rotatable bonds is 4. The zero-order valence-corrected chi connectivity index (χ0v) is 11.2. The van der Waals surface area contributed by atoms with Crippen molar-refractivity contribution in [2.75, 3.05) is 30.9 Å². The molecular formula is C14H17F2N3. The minimum Gasteiger partial charge on any atom is -0.385 e. The van der Waals surface area contributed by atoms with Crippen LogP contribution in [0.3, 0.4) is 0 Å². The number of anilines is 2. The molecule has 0 amide bonds. The monoisotopic (exact) mass is 265 g/mol. The highest BCUT2D eigenvalue weighted by molar-refractivity contribution is 5.93. The van der Waals surface area contributed by atoms with Gasteiger partial charge in [0.15, 0.2) is 0 Å². The Morgan fingerprint density at radius 2 is 2.00 bits per heavy atom. The summed E-state index contributed by atoms with van der Waals surface area (Å²) in [7, 11) is 3.88. The number of fused-ring (bicyclic) bond motifs is 1. The first-order valence-corrected chi connectivity index (χ1v) is 6.17. The molecule has 0 bridgehead atoms. The summed E-state index contributed by atoms with van der Waals surface area (Å²) < 4.78 is 25.6. The minimum atomic E-state index is -2.56. The van der Waals surface area contributed by atoms with Gasteiger partial charge < -0.3 is 10.2 Å². The van der Waals surface area contributed by atoms with E-state index in [0.717, 1.165) is 11.1 Å². The maximum absolute atomic E-state index is 12.8. The highest BCUT2D eigenvalue weighted by atomic mass is 19.3. The molecule has 0 aliphatic rings. The van der Waals surface area contributed by atoms with Gasteiger partial charge in [-0.1, -0.05) is 0 Å². The predicted octanol–water partition coefficient (Wildman–Crippen LogP) is 3.67. The minimum absolute atomic E-state index is 0.193. The third kappa shape index (κ3) is 2.75. The molecular weight excluding hydrogens is 248 g/mol. The summed E-state index contributed by atoms with van der Waals surface area (Å²) >= 11 is 0. The summed E-state index contributed by atoms with van der Waals surface area (Å²) in [6.45, 7) is 2.61. The Morgan fingerprint density at radius 1 is 1.26 bits per heavy atom. The number of nitrogens with zero attached hydrogens (tertiary/aromatic N) is 2. The summed E-state index contributed by atoms with van der Waals surface area (Å²) in [6, 6.07) is 7.03. The molecule has 5 heteroatoms. The van der Waals surface area contributed by atoms with Gasteiger partial charge in [-0.05, 0) is 31.2 Å². The number of nitrogens with one attached hydrogen (secondary N) is 1. The molecule has 19 heavy (non-hydrogen) atoms. The second-order valence-corrected chi connectivity index (χ2v) is 4.52. The lowest BCUT2D eigenvalue weighted by Gasteiger charge is -2.15. The first kappa shape index (κ1) is 13.5. The maximum atomic E-state index is 12.8. The zero-order chi connectivity index (χ0) is 14.0. The van der Waals surface area contributed by atoms with E-state index in [1.807, 2.05) is 38.1 Å². The number of pyridine rings is 1. The van der Waals surface area contributed by atoms with Crippen molar-refractivity contribution < 1.29 is 8.78 Å². The van der Waals surface area contributed by atoms with Gasteiger partial charge >= 0.3 is 0 Å². The Balaban J connectivity index is 2.64. The molecule has 1 heterocycles. The van der Waals surface area contributed by atoms with E-state index in [1.54, 1.807) is 6.07 Å². The third-order valence-electron chi connectivity index (χ3n) is 2.92. The maximum Gasteiger partial charge on any atom is 0.280 e. The molecule has 1 N–H and O–H groups in total. The molecule has 0 saturated heterocycles. The average molecular weight is 265 g/mol. The number of alkyl halides is 2. The summed E-state index contributed by atoms with van der Waals surface area (Å²) in [5.74, 6) is 0. The van der Waals surface area contributed by atoms with Crippen LogP contribution in [0.2, 0.25) is 0 Å². The molecule has 0 spiro atoms. The van der Waals surface area contributed by atoms with Crippen molar-refractivity contribution in [3.05, 3.63) is 30.0 Å². The molecule has 0 aliphatic carbocycles. The Morgan fingerprint density at radius 3 is 2.58 bits per heavy atom. The van der Waals surface area contributed by atoms with Gasteiger partial charge in [-0.3, -0.25) is 0 Å². The fourth-order valence-corrected chi connectivity index (χ4v) is 1.96. The van der Waals surface area contributed by atoms with Crippen molar-refractivity contribution in [3.63, 3.8) is 0 Å². The van der Waals surface area contributed by atoms with Crippen molar-refractivity contribution in [2.24, 2.45) is 0 Å². The Hall–Kier alpha value is -1.91. The van der Waals surface area contributed by atoms with Crippen LogP contribution in [0, 0.1) is 0 Å². The van der Waals surface area contributed by atoms with Crippen LogP contribution in [0.15, 0.2) is 24.3 Å². The average Bonchev–Trinajstić information content (AvgIpc) is 2.38. The first-order valence-electron chi connectivity index (χ1n) is 6.17. The van der Waals surface area contributed by atoms with Crippen molar-refractivity contribution in [1.82, 2.24) is 4.98 Å². The van der Waals surface area contributed by atoms with Crippen LogP contribution in [-0.4, -0.2) is 25.6 Å². The van der Waals surface area contributed by atoms with Gasteiger partial charge in [-0.15, -0.1) is 0 Å². The topological polar surface area (TPSA) is 28.2 Å². The highest BCUT2D eigenvalue weighted by Crippen LogP contribution is 2.30. The Labute approximate surface area is 111 Å². The van der Waals surface area contributed by atoms with Crippen LogP contribution in [0.25, 0.3) is 10.9 Å². The molecule has 0 atom stereocenters. The molecule has 0 aliphatic heterocycles. The lowest BCUT2D eigenvalue weighted by molar-refractivity contribution is 0.146. The Bertz CT molecular complexity index is 582. The fraction of sp³-hybridized carbons (Fsp3) is 0.357. The normalized spacial score (nSPS) is 11.1. The SMILES string of the molecule is CCNc1cc(C(F)F)nc2ccc(N(C)C)cc12. The number of hydrogen-bond donors (Lipinski definition) is 1. The summed E-state index contributed by atoms with van der Waals surface area (Å²) in [5.41, 5.74) is 2.10. The van der Waals surface area contributed by atoms with E-state index in [4.69, 9.17) is 0 Å². The largest absolute Gasteiger partial charge is 0.385 e. The van der Waals surface area contributed by atoms with E-state index in [9.17, 15) is 8.78 Å². The molecule has 0 saturated carbocycles. The molecule has 0 radical (unpaired) electrons. The molecule has 1 aromatic heterocycles. The standard InChI is InChI=1S/C14H17F2N3/c1-4-17-12-8-13(14(15)16)18-11-6-5-9(19(2)3)7-10(11)12/h5-8,14H,4H2,1-3H3,(H,17,18). The molecule has 102 valence electrons. The first-order chi connectivity index (χ1) is 9.02. The third-order valence-corrected chi connectivity index (χ3v) is 2.92. The fourth-order valence-electron chi connectivity index (χ4n) is 1.96. The molecule has 2 aromatic rings. The van der Waals surface area contributed by atoms with E-state index in [-0.39, 0.29) is 5.69 Å². The predicted molar refractivity (Wildman–Crippen MR) is 75.2 cm³/mol. The molecule has 3 nitrogen and oxygen atoms in total. The zero-order valence-electron chi connectivity index (χ0n) is 11.2. The molecule has 0 unspecified atom stereocenters. The second-order valence-electron chi connectivity index (χ2n) is 4.52. The molecule has 1 aromatic carbocycles. The van der Waals surface area contributed by atoms with Crippen molar-refractivity contribution in [2.45, 2.75) is 13.3 Å². The van der Waals surface area contributed by atoms with Crippen LogP contribution < -0.4 is 10.2 Å². The van der Waals surface area contributed by atoms with E-state index in [2.05, 4.69) is 10.3 Å². The van der Waals surface area contributed by atoms with Gasteiger partial charge in [0.25, 0.3) is 6.43 Å². The molecule has 0 fully saturated rings. The number of benzene rings is 1. The van der Waals surface area contributed by atoms with Crippen LogP contribution >= 0.6 is 0 Å². The Kier molecular flexibility index (Phi) is 3.83. The van der Waals surface area contributed by atoms with Crippen LogP contribution in [0.5, 0.6) is 0 Å². The summed E-state index contributed by atoms with van der Waals surface area (Å²) in [4.78, 5) is 5.98. The van der Waals surface area contributed by atoms with Crippen molar-refractivity contribution >= 4 is 22.3 Å². The van der Waals surface area contributed by atoms with E-state index >= 15 is 0 Å². The van der Waals surface area contributed by atoms with Gasteiger partial charge in [0.1, 0.15) is 5.69 Å². The second kappa shape index (κ2) is 5.38. The van der Waals surface area contributed by atoms with Gasteiger partial charge in [0.05, 0.1) is 5.52 Å². The lowest BCUT2D eigenvalue weighted by atomic mass is 10.1. The quantitative estimate of drug-likeness (QED) is 0.914. The van der Waals surface area contributed by atoms with Crippen molar-refractivity contribution in [1.29, 1.82) is 0 Å². The van der Waals surface area contributed by atoms with Gasteiger partial charge in [0, 0.05) is 37.4 Å². The smallest absolute Gasteiger partial charge is 0.280 e. The van der Waals surface area contributed by atoms with E-state index in [0.29, 0.717) is 17.7 Å². The van der Waals surface area contributed by atoms with Gasteiger partial charge in [-0.2, -0.15) is 0 Å². The van der Waals surface area contributed by atoms with Crippen LogP contribution in [0.1, 0.15) is 19.0 Å². The molecule has 2 rings (SSSR count). The highest BCUT2D eigenvalue weighted by Gasteiger charge is 2.13. The van der Waals surface area contributed by atoms with Crippen LogP contribution in [-0.2, 0) is 0 Å². The lowest BCUT2D eigenvalue weighted by Crippen LogP contribution is -2.09. The summed E-state index contributed by atoms with van der Waals surface area (Å²) in [5, 5.41) is 3.98. The van der Waals surface area contributed by atoms with E-state index < -0.39 is 6.43 Å². The van der Waals surface area contributed by atoms with Gasteiger partial charge in [-0.25, -0.2) is 13.8 Å². The number of halogens is 2. The van der Waals surface area contributed by atoms with Gasteiger partial charge in [0.2, 0.25) is 0 Å². The summed E-state index contributed by atoms with van der Waals surface area (Å²) in [6.07, 6.45) is -2.56.